The minimum Gasteiger partial charge on any atom is -0.346 e. The van der Waals surface area contributed by atoms with Gasteiger partial charge in [0.15, 0.2) is 17.0 Å². The maximum atomic E-state index is 14.1. The number of amides is 1. The molecule has 6 aromatic rings. The van der Waals surface area contributed by atoms with Crippen LogP contribution in [0.2, 0.25) is 0 Å². The summed E-state index contributed by atoms with van der Waals surface area (Å²) in [6.07, 6.45) is -2.90. The first-order valence-electron chi connectivity index (χ1n) is 13.2. The zero-order chi connectivity index (χ0) is 29.4. The molecule has 0 saturated heterocycles. The van der Waals surface area contributed by atoms with Gasteiger partial charge >= 0.3 is 6.18 Å². The highest BCUT2D eigenvalue weighted by atomic mass is 19.4. The zero-order valence-corrected chi connectivity index (χ0v) is 22.7. The van der Waals surface area contributed by atoms with Crippen molar-refractivity contribution in [2.24, 2.45) is 0 Å². The van der Waals surface area contributed by atoms with E-state index in [1.54, 1.807) is 16.8 Å². The van der Waals surface area contributed by atoms with Crippen molar-refractivity contribution >= 4 is 11.6 Å². The number of alkyl halides is 3. The number of hydrogen-bond acceptors (Lipinski definition) is 4. The molecule has 0 saturated carbocycles. The predicted molar refractivity (Wildman–Crippen MR) is 153 cm³/mol. The first-order valence-corrected chi connectivity index (χ1v) is 13.2. The van der Waals surface area contributed by atoms with E-state index in [0.29, 0.717) is 15.8 Å². The van der Waals surface area contributed by atoms with Crippen LogP contribution in [0.4, 0.5) is 13.2 Å². The van der Waals surface area contributed by atoms with Crippen LogP contribution >= 0.6 is 0 Å². The lowest BCUT2D eigenvalue weighted by atomic mass is 10.0. The lowest BCUT2D eigenvalue weighted by Crippen LogP contribution is -2.23. The van der Waals surface area contributed by atoms with Gasteiger partial charge in [0.05, 0.1) is 17.1 Å². The molecule has 3 heterocycles. The van der Waals surface area contributed by atoms with E-state index in [4.69, 9.17) is 5.10 Å². The standard InChI is InChI=1S/C32H25F3N6O/c1-20-13-14-23(15-21(20)2)26-16-28(32(33,34)35)41-29(37-26)17-27(38-41)31(42)36-18-24-19-40(25-11-7-4-8-12-25)39-30(24)22-9-5-3-6-10-22/h3-17,19H,18H2,1-2H3,(H,36,42). The van der Waals surface area contributed by atoms with Gasteiger partial charge in [-0.2, -0.15) is 23.4 Å². The first-order chi connectivity index (χ1) is 20.2. The van der Waals surface area contributed by atoms with Gasteiger partial charge < -0.3 is 5.32 Å². The average Bonchev–Trinajstić information content (AvgIpc) is 3.62. The Hall–Kier alpha value is -5.25. The molecule has 0 radical (unpaired) electrons. The highest BCUT2D eigenvalue weighted by Crippen LogP contribution is 2.33. The minimum absolute atomic E-state index is 0.0786. The number of nitrogens with zero attached hydrogens (tertiary/aromatic N) is 5. The molecule has 0 atom stereocenters. The SMILES string of the molecule is Cc1ccc(-c2cc(C(F)(F)F)n3nc(C(=O)NCc4cn(-c5ccccc5)nc4-c4ccccc4)cc3n2)cc1C. The van der Waals surface area contributed by atoms with E-state index in [9.17, 15) is 18.0 Å². The normalized spacial score (nSPS) is 11.6. The Morgan fingerprint density at radius 1 is 0.833 bits per heavy atom. The Bertz CT molecular complexity index is 1910. The fourth-order valence-corrected chi connectivity index (χ4v) is 4.69. The number of aryl methyl sites for hydroxylation is 2. The second-order valence-corrected chi connectivity index (χ2v) is 9.95. The molecule has 0 unspecified atom stereocenters. The van der Waals surface area contributed by atoms with Crippen molar-refractivity contribution in [1.29, 1.82) is 0 Å². The third kappa shape index (κ3) is 5.26. The third-order valence-corrected chi connectivity index (χ3v) is 7.05. The van der Waals surface area contributed by atoms with E-state index in [-0.39, 0.29) is 23.6 Å². The average molecular weight is 567 g/mol. The molecule has 0 aliphatic heterocycles. The fourth-order valence-electron chi connectivity index (χ4n) is 4.69. The van der Waals surface area contributed by atoms with Crippen LogP contribution in [-0.4, -0.2) is 30.3 Å². The molecule has 0 aliphatic rings. The summed E-state index contributed by atoms with van der Waals surface area (Å²) in [5.74, 6) is -0.632. The summed E-state index contributed by atoms with van der Waals surface area (Å²) in [6.45, 7) is 3.89. The number of para-hydroxylation sites is 1. The Labute approximate surface area is 239 Å². The van der Waals surface area contributed by atoms with Gasteiger partial charge in [-0.3, -0.25) is 4.79 Å². The topological polar surface area (TPSA) is 77.1 Å². The Kier molecular flexibility index (Phi) is 6.82. The van der Waals surface area contributed by atoms with Gasteiger partial charge in [0, 0.05) is 35.5 Å². The summed E-state index contributed by atoms with van der Waals surface area (Å²) < 4.78 is 44.7. The van der Waals surface area contributed by atoms with Crippen LogP contribution in [0, 0.1) is 13.8 Å². The highest BCUT2D eigenvalue weighted by molar-refractivity contribution is 5.93. The molecule has 7 nitrogen and oxygen atoms in total. The van der Waals surface area contributed by atoms with Gasteiger partial charge in [0.25, 0.3) is 5.91 Å². The van der Waals surface area contributed by atoms with Crippen LogP contribution in [0.3, 0.4) is 0 Å². The largest absolute Gasteiger partial charge is 0.433 e. The number of aromatic nitrogens is 5. The molecule has 3 aromatic heterocycles. The van der Waals surface area contributed by atoms with Crippen molar-refractivity contribution in [2.75, 3.05) is 0 Å². The summed E-state index contributed by atoms with van der Waals surface area (Å²) in [4.78, 5) is 17.6. The fraction of sp³-hybridized carbons (Fsp3) is 0.125. The number of benzene rings is 3. The van der Waals surface area contributed by atoms with E-state index in [1.165, 1.54) is 6.07 Å². The van der Waals surface area contributed by atoms with Crippen LogP contribution in [0.5, 0.6) is 0 Å². The maximum Gasteiger partial charge on any atom is 0.433 e. The van der Waals surface area contributed by atoms with Gasteiger partial charge in [0.1, 0.15) is 0 Å². The monoisotopic (exact) mass is 566 g/mol. The molecule has 10 heteroatoms. The van der Waals surface area contributed by atoms with Crippen LogP contribution in [0.1, 0.15) is 32.9 Å². The number of halogens is 3. The van der Waals surface area contributed by atoms with Gasteiger partial charge in [-0.15, -0.1) is 0 Å². The zero-order valence-electron chi connectivity index (χ0n) is 22.7. The lowest BCUT2D eigenvalue weighted by molar-refractivity contribution is -0.142. The molecule has 42 heavy (non-hydrogen) atoms. The number of fused-ring (bicyclic) bond motifs is 1. The maximum absolute atomic E-state index is 14.1. The number of nitrogens with one attached hydrogen (secondary N) is 1. The molecule has 0 fully saturated rings. The molecule has 0 bridgehead atoms. The van der Waals surface area contributed by atoms with E-state index >= 15 is 0 Å². The Balaban J connectivity index is 1.33. The number of carbonyl (C=O) groups is 1. The summed E-state index contributed by atoms with van der Waals surface area (Å²) in [5.41, 5.74) is 4.47. The summed E-state index contributed by atoms with van der Waals surface area (Å²) >= 11 is 0. The van der Waals surface area contributed by atoms with Crippen molar-refractivity contribution in [2.45, 2.75) is 26.6 Å². The van der Waals surface area contributed by atoms with Crippen LogP contribution in [0.15, 0.2) is 97.2 Å². The molecular weight excluding hydrogens is 541 g/mol. The molecule has 0 aliphatic carbocycles. The van der Waals surface area contributed by atoms with Crippen LogP contribution in [0.25, 0.3) is 33.8 Å². The highest BCUT2D eigenvalue weighted by Gasteiger charge is 2.35. The van der Waals surface area contributed by atoms with Gasteiger partial charge in [0.2, 0.25) is 0 Å². The van der Waals surface area contributed by atoms with Crippen LogP contribution < -0.4 is 5.32 Å². The Morgan fingerprint density at radius 3 is 2.24 bits per heavy atom. The summed E-state index contributed by atoms with van der Waals surface area (Å²) in [5, 5.41) is 11.5. The number of hydrogen-bond donors (Lipinski definition) is 1. The predicted octanol–water partition coefficient (Wildman–Crippen LogP) is 6.81. The smallest absolute Gasteiger partial charge is 0.346 e. The molecule has 6 rings (SSSR count). The quantitative estimate of drug-likeness (QED) is 0.240. The van der Waals surface area contributed by atoms with Gasteiger partial charge in [-0.25, -0.2) is 14.2 Å². The van der Waals surface area contributed by atoms with E-state index in [0.717, 1.165) is 34.0 Å². The van der Waals surface area contributed by atoms with Crippen molar-refractivity contribution < 1.29 is 18.0 Å². The van der Waals surface area contributed by atoms with Crippen LogP contribution in [-0.2, 0) is 12.7 Å². The third-order valence-electron chi connectivity index (χ3n) is 7.05. The lowest BCUT2D eigenvalue weighted by Gasteiger charge is -2.11. The van der Waals surface area contributed by atoms with Crippen molar-refractivity contribution in [3.8, 4) is 28.2 Å². The summed E-state index contributed by atoms with van der Waals surface area (Å²) in [7, 11) is 0. The minimum atomic E-state index is -4.72. The molecule has 1 N–H and O–H groups in total. The van der Waals surface area contributed by atoms with Gasteiger partial charge in [-0.1, -0.05) is 60.7 Å². The second kappa shape index (κ2) is 10.6. The summed E-state index contributed by atoms with van der Waals surface area (Å²) in [6, 6.07) is 26.6. The van der Waals surface area contributed by atoms with Crippen molar-refractivity contribution in [3.63, 3.8) is 0 Å². The van der Waals surface area contributed by atoms with Crippen molar-refractivity contribution in [1.82, 2.24) is 29.7 Å². The Morgan fingerprint density at radius 2 is 1.55 bits per heavy atom. The number of carbonyl (C=O) groups excluding carboxylic acids is 1. The van der Waals surface area contributed by atoms with Gasteiger partial charge in [-0.05, 0) is 49.2 Å². The van der Waals surface area contributed by atoms with E-state index < -0.39 is 17.8 Å². The number of rotatable bonds is 6. The second-order valence-electron chi connectivity index (χ2n) is 9.95. The molecule has 0 spiro atoms. The molecule has 3 aromatic carbocycles. The molecule has 1 amide bonds. The molecule has 210 valence electrons. The van der Waals surface area contributed by atoms with Crippen molar-refractivity contribution in [3.05, 3.63) is 125 Å². The van der Waals surface area contributed by atoms with E-state index in [2.05, 4.69) is 15.4 Å². The van der Waals surface area contributed by atoms with E-state index in [1.807, 2.05) is 86.8 Å². The molecular formula is C32H25F3N6O. The first kappa shape index (κ1) is 26.9.